The Balaban J connectivity index is 2.56. The van der Waals surface area contributed by atoms with Crippen LogP contribution in [0.15, 0.2) is 0 Å². The predicted molar refractivity (Wildman–Crippen MR) is 70.3 cm³/mol. The summed E-state index contributed by atoms with van der Waals surface area (Å²) in [7, 11) is 0. The number of rotatable bonds is 6. The number of carboxylic acid groups (broad SMARTS) is 1. The molecule has 1 rings (SSSR count). The molecule has 0 aromatic rings. The van der Waals surface area contributed by atoms with E-state index in [-0.39, 0.29) is 17.9 Å². The SMILES string of the molecule is CCCN(CC(=O)O)C(=O)CC1(C)CCCCC1. The molecule has 0 spiro atoms. The molecule has 0 saturated heterocycles. The average molecular weight is 255 g/mol. The van der Waals surface area contributed by atoms with Crippen LogP contribution in [-0.4, -0.2) is 35.0 Å². The second-order valence-corrected chi connectivity index (χ2v) is 5.76. The minimum Gasteiger partial charge on any atom is -0.480 e. The van der Waals surface area contributed by atoms with Gasteiger partial charge in [-0.2, -0.15) is 0 Å². The van der Waals surface area contributed by atoms with Gasteiger partial charge in [0.1, 0.15) is 6.54 Å². The topological polar surface area (TPSA) is 57.6 Å². The first-order valence-electron chi connectivity index (χ1n) is 6.96. The Bertz CT molecular complexity index is 295. The quantitative estimate of drug-likeness (QED) is 0.793. The van der Waals surface area contributed by atoms with Gasteiger partial charge in [0.25, 0.3) is 0 Å². The summed E-state index contributed by atoms with van der Waals surface area (Å²) in [6.45, 7) is 4.50. The van der Waals surface area contributed by atoms with Gasteiger partial charge in [-0.1, -0.05) is 33.1 Å². The molecular weight excluding hydrogens is 230 g/mol. The van der Waals surface area contributed by atoms with E-state index in [0.29, 0.717) is 13.0 Å². The summed E-state index contributed by atoms with van der Waals surface area (Å²) < 4.78 is 0. The fourth-order valence-corrected chi connectivity index (χ4v) is 2.78. The number of amides is 1. The van der Waals surface area contributed by atoms with Gasteiger partial charge in [-0.25, -0.2) is 0 Å². The Kier molecular flexibility index (Phi) is 5.63. The molecule has 0 unspecified atom stereocenters. The second kappa shape index (κ2) is 6.76. The van der Waals surface area contributed by atoms with Crippen LogP contribution in [0.25, 0.3) is 0 Å². The summed E-state index contributed by atoms with van der Waals surface area (Å²) in [5, 5.41) is 8.84. The third kappa shape index (κ3) is 4.67. The van der Waals surface area contributed by atoms with Crippen LogP contribution in [0.5, 0.6) is 0 Å². The van der Waals surface area contributed by atoms with Gasteiger partial charge in [-0.05, 0) is 24.7 Å². The molecule has 0 radical (unpaired) electrons. The molecule has 1 N–H and O–H groups in total. The molecule has 1 aliphatic rings. The van der Waals surface area contributed by atoms with Crippen molar-refractivity contribution < 1.29 is 14.7 Å². The van der Waals surface area contributed by atoms with Gasteiger partial charge >= 0.3 is 5.97 Å². The van der Waals surface area contributed by atoms with Crippen LogP contribution in [0.2, 0.25) is 0 Å². The van der Waals surface area contributed by atoms with Crippen molar-refractivity contribution in [3.05, 3.63) is 0 Å². The molecule has 0 aliphatic heterocycles. The highest BCUT2D eigenvalue weighted by molar-refractivity contribution is 5.81. The van der Waals surface area contributed by atoms with E-state index in [1.54, 1.807) is 0 Å². The monoisotopic (exact) mass is 255 g/mol. The first kappa shape index (κ1) is 15.0. The molecule has 0 bridgehead atoms. The van der Waals surface area contributed by atoms with Crippen molar-refractivity contribution in [2.45, 2.75) is 58.8 Å². The summed E-state index contributed by atoms with van der Waals surface area (Å²) >= 11 is 0. The van der Waals surface area contributed by atoms with Crippen LogP contribution in [-0.2, 0) is 9.59 Å². The Morgan fingerprint density at radius 2 is 1.83 bits per heavy atom. The van der Waals surface area contributed by atoms with Crippen LogP contribution in [0, 0.1) is 5.41 Å². The lowest BCUT2D eigenvalue weighted by molar-refractivity contribution is -0.145. The fourth-order valence-electron chi connectivity index (χ4n) is 2.78. The maximum atomic E-state index is 12.2. The van der Waals surface area contributed by atoms with E-state index in [9.17, 15) is 9.59 Å². The molecule has 0 aromatic heterocycles. The highest BCUT2D eigenvalue weighted by Gasteiger charge is 2.31. The van der Waals surface area contributed by atoms with E-state index >= 15 is 0 Å². The van der Waals surface area contributed by atoms with E-state index in [2.05, 4.69) is 6.92 Å². The number of carbonyl (C=O) groups excluding carboxylic acids is 1. The van der Waals surface area contributed by atoms with E-state index in [1.807, 2.05) is 6.92 Å². The van der Waals surface area contributed by atoms with Crippen molar-refractivity contribution in [2.75, 3.05) is 13.1 Å². The molecule has 1 amide bonds. The molecule has 0 heterocycles. The zero-order valence-electron chi connectivity index (χ0n) is 11.6. The van der Waals surface area contributed by atoms with E-state index < -0.39 is 5.97 Å². The van der Waals surface area contributed by atoms with Gasteiger partial charge in [0.05, 0.1) is 0 Å². The molecule has 1 saturated carbocycles. The highest BCUT2D eigenvalue weighted by Crippen LogP contribution is 2.39. The maximum Gasteiger partial charge on any atom is 0.323 e. The standard InChI is InChI=1S/C14H25NO3/c1-3-9-15(11-13(17)18)12(16)10-14(2)7-5-4-6-8-14/h3-11H2,1-2H3,(H,17,18). The van der Waals surface area contributed by atoms with Crippen LogP contribution in [0.1, 0.15) is 58.8 Å². The van der Waals surface area contributed by atoms with Crippen molar-refractivity contribution in [3.8, 4) is 0 Å². The smallest absolute Gasteiger partial charge is 0.323 e. The van der Waals surface area contributed by atoms with Gasteiger partial charge in [0.15, 0.2) is 0 Å². The number of carboxylic acids is 1. The summed E-state index contributed by atoms with van der Waals surface area (Å²) in [5.74, 6) is -0.922. The fraction of sp³-hybridized carbons (Fsp3) is 0.857. The lowest BCUT2D eigenvalue weighted by Crippen LogP contribution is -2.39. The molecule has 1 aliphatic carbocycles. The molecule has 18 heavy (non-hydrogen) atoms. The number of hydrogen-bond donors (Lipinski definition) is 1. The van der Waals surface area contributed by atoms with E-state index in [1.165, 1.54) is 24.2 Å². The predicted octanol–water partition coefficient (Wildman–Crippen LogP) is 2.67. The summed E-state index contributed by atoms with van der Waals surface area (Å²) in [6.07, 6.45) is 7.12. The summed E-state index contributed by atoms with van der Waals surface area (Å²) in [4.78, 5) is 24.5. The van der Waals surface area contributed by atoms with Crippen molar-refractivity contribution in [2.24, 2.45) is 5.41 Å². The van der Waals surface area contributed by atoms with Crippen molar-refractivity contribution in [3.63, 3.8) is 0 Å². The van der Waals surface area contributed by atoms with E-state index in [0.717, 1.165) is 19.3 Å². The number of nitrogens with zero attached hydrogens (tertiary/aromatic N) is 1. The number of aliphatic carboxylic acids is 1. The molecule has 0 atom stereocenters. The van der Waals surface area contributed by atoms with Crippen LogP contribution < -0.4 is 0 Å². The first-order chi connectivity index (χ1) is 8.47. The molecular formula is C14H25NO3. The lowest BCUT2D eigenvalue weighted by Gasteiger charge is -2.34. The van der Waals surface area contributed by atoms with Crippen molar-refractivity contribution >= 4 is 11.9 Å². The Morgan fingerprint density at radius 1 is 1.22 bits per heavy atom. The van der Waals surface area contributed by atoms with Gasteiger partial charge < -0.3 is 10.0 Å². The minimum absolute atomic E-state index is 0.00338. The van der Waals surface area contributed by atoms with Crippen molar-refractivity contribution in [1.29, 1.82) is 0 Å². The summed E-state index contributed by atoms with van der Waals surface area (Å²) in [5.41, 5.74) is 0.0832. The normalized spacial score (nSPS) is 18.3. The van der Waals surface area contributed by atoms with E-state index in [4.69, 9.17) is 5.11 Å². The second-order valence-electron chi connectivity index (χ2n) is 5.76. The largest absolute Gasteiger partial charge is 0.480 e. The van der Waals surface area contributed by atoms with Gasteiger partial charge in [-0.15, -0.1) is 0 Å². The molecule has 4 heteroatoms. The summed E-state index contributed by atoms with van der Waals surface area (Å²) in [6, 6.07) is 0. The molecule has 1 fully saturated rings. The Labute approximate surface area is 109 Å². The van der Waals surface area contributed by atoms with Gasteiger partial charge in [-0.3, -0.25) is 9.59 Å². The molecule has 0 aromatic carbocycles. The zero-order chi connectivity index (χ0) is 13.6. The highest BCUT2D eigenvalue weighted by atomic mass is 16.4. The molecule has 104 valence electrons. The van der Waals surface area contributed by atoms with Crippen LogP contribution in [0.3, 0.4) is 0 Å². The third-order valence-electron chi connectivity index (χ3n) is 3.81. The van der Waals surface area contributed by atoms with Crippen LogP contribution >= 0.6 is 0 Å². The third-order valence-corrected chi connectivity index (χ3v) is 3.81. The first-order valence-corrected chi connectivity index (χ1v) is 6.96. The average Bonchev–Trinajstić information content (AvgIpc) is 2.28. The Hall–Kier alpha value is -1.06. The minimum atomic E-state index is -0.925. The van der Waals surface area contributed by atoms with Gasteiger partial charge in [0.2, 0.25) is 5.91 Å². The lowest BCUT2D eigenvalue weighted by atomic mass is 9.73. The number of hydrogen-bond acceptors (Lipinski definition) is 2. The number of carbonyl (C=O) groups is 2. The van der Waals surface area contributed by atoms with Crippen molar-refractivity contribution in [1.82, 2.24) is 4.90 Å². The van der Waals surface area contributed by atoms with Crippen LogP contribution in [0.4, 0.5) is 0 Å². The zero-order valence-corrected chi connectivity index (χ0v) is 11.6. The molecule has 4 nitrogen and oxygen atoms in total. The Morgan fingerprint density at radius 3 is 2.33 bits per heavy atom. The van der Waals surface area contributed by atoms with Gasteiger partial charge in [0, 0.05) is 13.0 Å². The maximum absolute atomic E-state index is 12.2.